The van der Waals surface area contributed by atoms with Crippen LogP contribution in [0.2, 0.25) is 0 Å². The standard InChI is InChI=1S/C8H15N3O2S/c1-2-8(5-9)14(12,13)11-4-3-7(10)6-11/h7-8H,2-4,6,10H2,1H3/t7-,8?/m1/s1. The zero-order valence-electron chi connectivity index (χ0n) is 8.18. The van der Waals surface area contributed by atoms with Gasteiger partial charge in [0.15, 0.2) is 5.25 Å². The number of sulfonamides is 1. The molecule has 1 aliphatic rings. The maximum Gasteiger partial charge on any atom is 0.230 e. The Kier molecular flexibility index (Phi) is 3.48. The molecule has 0 spiro atoms. The summed E-state index contributed by atoms with van der Waals surface area (Å²) >= 11 is 0. The predicted molar refractivity (Wildman–Crippen MR) is 52.8 cm³/mol. The van der Waals surface area contributed by atoms with E-state index in [2.05, 4.69) is 0 Å². The molecular formula is C8H15N3O2S. The Labute approximate surface area is 84.5 Å². The summed E-state index contributed by atoms with van der Waals surface area (Å²) in [7, 11) is -3.44. The Balaban J connectivity index is 2.81. The molecule has 0 aliphatic carbocycles. The van der Waals surface area contributed by atoms with Gasteiger partial charge in [0.05, 0.1) is 6.07 Å². The van der Waals surface area contributed by atoms with Crippen LogP contribution in [0.5, 0.6) is 0 Å². The highest BCUT2D eigenvalue weighted by Gasteiger charge is 2.34. The Hall–Kier alpha value is -0.640. The molecule has 0 aromatic heterocycles. The normalized spacial score (nSPS) is 25.9. The summed E-state index contributed by atoms with van der Waals surface area (Å²) in [6.07, 6.45) is 1.01. The highest BCUT2D eigenvalue weighted by Crippen LogP contribution is 2.17. The molecule has 5 nitrogen and oxygen atoms in total. The van der Waals surface area contributed by atoms with E-state index >= 15 is 0 Å². The lowest BCUT2D eigenvalue weighted by molar-refractivity contribution is 0.466. The van der Waals surface area contributed by atoms with Crippen molar-refractivity contribution in [2.24, 2.45) is 5.73 Å². The van der Waals surface area contributed by atoms with Crippen LogP contribution in [0.4, 0.5) is 0 Å². The van der Waals surface area contributed by atoms with Gasteiger partial charge in [-0.3, -0.25) is 0 Å². The second-order valence-electron chi connectivity index (χ2n) is 3.48. The fourth-order valence-electron chi connectivity index (χ4n) is 1.53. The largest absolute Gasteiger partial charge is 0.326 e. The first-order chi connectivity index (χ1) is 6.52. The lowest BCUT2D eigenvalue weighted by Crippen LogP contribution is -2.38. The van der Waals surface area contributed by atoms with Crippen molar-refractivity contribution >= 4 is 10.0 Å². The lowest BCUT2D eigenvalue weighted by atomic mass is 10.3. The van der Waals surface area contributed by atoms with Gasteiger partial charge in [-0.05, 0) is 12.8 Å². The van der Waals surface area contributed by atoms with E-state index in [0.717, 1.165) is 0 Å². The van der Waals surface area contributed by atoms with Gasteiger partial charge in [0.2, 0.25) is 10.0 Å². The molecule has 2 N–H and O–H groups in total. The zero-order chi connectivity index (χ0) is 10.8. The molecule has 0 amide bonds. The molecule has 14 heavy (non-hydrogen) atoms. The molecule has 1 heterocycles. The van der Waals surface area contributed by atoms with Crippen molar-refractivity contribution in [1.29, 1.82) is 5.26 Å². The van der Waals surface area contributed by atoms with Crippen molar-refractivity contribution in [2.45, 2.75) is 31.1 Å². The summed E-state index contributed by atoms with van der Waals surface area (Å²) in [5, 5.41) is 7.78. The maximum atomic E-state index is 11.8. The molecule has 0 aromatic carbocycles. The minimum Gasteiger partial charge on any atom is -0.326 e. The molecule has 0 aromatic rings. The fourth-order valence-corrected chi connectivity index (χ4v) is 3.21. The van der Waals surface area contributed by atoms with Crippen molar-refractivity contribution in [3.05, 3.63) is 0 Å². The van der Waals surface area contributed by atoms with Gasteiger partial charge in [-0.25, -0.2) is 8.42 Å². The van der Waals surface area contributed by atoms with Gasteiger partial charge in [0, 0.05) is 19.1 Å². The van der Waals surface area contributed by atoms with Crippen molar-refractivity contribution in [3.8, 4) is 6.07 Å². The van der Waals surface area contributed by atoms with Crippen molar-refractivity contribution in [2.75, 3.05) is 13.1 Å². The summed E-state index contributed by atoms with van der Waals surface area (Å²) in [6.45, 7) is 2.49. The average Bonchev–Trinajstić information content (AvgIpc) is 2.54. The highest BCUT2D eigenvalue weighted by atomic mass is 32.2. The van der Waals surface area contributed by atoms with Gasteiger partial charge >= 0.3 is 0 Å². The summed E-state index contributed by atoms with van der Waals surface area (Å²) in [5.74, 6) is 0. The van der Waals surface area contributed by atoms with Crippen molar-refractivity contribution in [3.63, 3.8) is 0 Å². The maximum absolute atomic E-state index is 11.8. The molecule has 0 saturated carbocycles. The molecular weight excluding hydrogens is 202 g/mol. The van der Waals surface area contributed by atoms with Gasteiger partial charge in [0.25, 0.3) is 0 Å². The van der Waals surface area contributed by atoms with Crippen LogP contribution in [-0.2, 0) is 10.0 Å². The fraction of sp³-hybridized carbons (Fsp3) is 0.875. The van der Waals surface area contributed by atoms with Crippen LogP contribution < -0.4 is 5.73 Å². The molecule has 80 valence electrons. The smallest absolute Gasteiger partial charge is 0.230 e. The van der Waals surface area contributed by atoms with E-state index < -0.39 is 15.3 Å². The first-order valence-electron chi connectivity index (χ1n) is 4.66. The van der Waals surface area contributed by atoms with E-state index in [-0.39, 0.29) is 6.04 Å². The van der Waals surface area contributed by atoms with Crippen LogP contribution in [0, 0.1) is 11.3 Å². The number of nitrogens with zero attached hydrogens (tertiary/aromatic N) is 2. The van der Waals surface area contributed by atoms with E-state index in [1.54, 1.807) is 6.92 Å². The van der Waals surface area contributed by atoms with Crippen LogP contribution in [0.3, 0.4) is 0 Å². The van der Waals surface area contributed by atoms with Gasteiger partial charge in [0.1, 0.15) is 0 Å². The monoisotopic (exact) mass is 217 g/mol. The summed E-state index contributed by atoms with van der Waals surface area (Å²) in [5.41, 5.74) is 5.62. The molecule has 6 heteroatoms. The van der Waals surface area contributed by atoms with Gasteiger partial charge in [-0.15, -0.1) is 0 Å². The molecule has 2 atom stereocenters. The Morgan fingerprint density at radius 3 is 2.71 bits per heavy atom. The first kappa shape index (κ1) is 11.4. The average molecular weight is 217 g/mol. The summed E-state index contributed by atoms with van der Waals surface area (Å²) < 4.78 is 24.9. The Morgan fingerprint density at radius 2 is 2.36 bits per heavy atom. The molecule has 0 radical (unpaired) electrons. The van der Waals surface area contributed by atoms with Gasteiger partial charge in [-0.2, -0.15) is 9.57 Å². The Bertz CT molecular complexity index is 333. The Morgan fingerprint density at radius 1 is 1.71 bits per heavy atom. The second-order valence-corrected chi connectivity index (χ2v) is 5.59. The number of hydrogen-bond donors (Lipinski definition) is 1. The van der Waals surface area contributed by atoms with Crippen molar-refractivity contribution in [1.82, 2.24) is 4.31 Å². The molecule has 1 aliphatic heterocycles. The third-order valence-corrected chi connectivity index (χ3v) is 4.63. The minimum absolute atomic E-state index is 0.0824. The minimum atomic E-state index is -3.44. The quantitative estimate of drug-likeness (QED) is 0.700. The molecule has 1 rings (SSSR count). The third-order valence-electron chi connectivity index (χ3n) is 2.42. The molecule has 1 fully saturated rings. The number of nitrogens with two attached hydrogens (primary N) is 1. The molecule has 1 saturated heterocycles. The summed E-state index contributed by atoms with van der Waals surface area (Å²) in [6, 6.07) is 1.73. The van der Waals surface area contributed by atoms with E-state index in [1.807, 2.05) is 6.07 Å². The topological polar surface area (TPSA) is 87.2 Å². The van der Waals surface area contributed by atoms with E-state index in [4.69, 9.17) is 11.0 Å². The van der Waals surface area contributed by atoms with Crippen LogP contribution in [-0.4, -0.2) is 37.1 Å². The second kappa shape index (κ2) is 4.26. The SMILES string of the molecule is CCC(C#N)S(=O)(=O)N1CC[C@@H](N)C1. The van der Waals surface area contributed by atoms with Gasteiger partial charge < -0.3 is 5.73 Å². The summed E-state index contributed by atoms with van der Waals surface area (Å²) in [4.78, 5) is 0. The van der Waals surface area contributed by atoms with Gasteiger partial charge in [-0.1, -0.05) is 6.92 Å². The van der Waals surface area contributed by atoms with E-state index in [0.29, 0.717) is 25.9 Å². The zero-order valence-corrected chi connectivity index (χ0v) is 9.00. The number of hydrogen-bond acceptors (Lipinski definition) is 4. The van der Waals surface area contributed by atoms with Crippen LogP contribution in [0.25, 0.3) is 0 Å². The van der Waals surface area contributed by atoms with E-state index in [1.165, 1.54) is 4.31 Å². The number of nitriles is 1. The molecule has 1 unspecified atom stereocenters. The van der Waals surface area contributed by atoms with Crippen LogP contribution in [0.1, 0.15) is 19.8 Å². The van der Waals surface area contributed by atoms with Crippen LogP contribution >= 0.6 is 0 Å². The number of rotatable bonds is 3. The van der Waals surface area contributed by atoms with Crippen molar-refractivity contribution < 1.29 is 8.42 Å². The van der Waals surface area contributed by atoms with E-state index in [9.17, 15) is 8.42 Å². The predicted octanol–water partition coefficient (Wildman–Crippen LogP) is -0.349. The van der Waals surface area contributed by atoms with Crippen LogP contribution in [0.15, 0.2) is 0 Å². The molecule has 0 bridgehead atoms. The lowest BCUT2D eigenvalue weighted by Gasteiger charge is -2.18. The first-order valence-corrected chi connectivity index (χ1v) is 6.16. The highest BCUT2D eigenvalue weighted by molar-refractivity contribution is 7.90. The third kappa shape index (κ3) is 2.05.